The molecule has 0 saturated heterocycles. The minimum absolute atomic E-state index is 0.0218. The molecule has 1 aromatic heterocycles. The first-order chi connectivity index (χ1) is 11.3. The summed E-state index contributed by atoms with van der Waals surface area (Å²) in [6, 6.07) is 0. The molecule has 2 atom stereocenters. The molecule has 3 rings (SSSR count). The molecule has 0 spiro atoms. The summed E-state index contributed by atoms with van der Waals surface area (Å²) in [4.78, 5) is 12.4. The lowest BCUT2D eigenvalue weighted by molar-refractivity contribution is -0.128. The number of nitrogens with two attached hydrogens (primary N) is 1. The first-order valence-corrected chi connectivity index (χ1v) is 11.6. The molecule has 25 heavy (non-hydrogen) atoms. The Balaban J connectivity index is 2.02. The Hall–Kier alpha value is -1.11. The van der Waals surface area contributed by atoms with Gasteiger partial charge in [-0.15, -0.1) is 9.50 Å². The Bertz CT molecular complexity index is 1020. The number of hydrogen-bond donors (Lipinski definition) is 1. The molecule has 2 aliphatic carbocycles. The molecule has 2 bridgehead atoms. The molecule has 2 saturated carbocycles. The van der Waals surface area contributed by atoms with Crippen LogP contribution < -0.4 is 9.94 Å². The predicted octanol–water partition coefficient (Wildman–Crippen LogP) is -0.245. The zero-order valence-electron chi connectivity index (χ0n) is 14.1. The van der Waals surface area contributed by atoms with E-state index in [4.69, 9.17) is 5.14 Å². The van der Waals surface area contributed by atoms with E-state index in [9.17, 15) is 21.6 Å². The number of hydrogen-bond acceptors (Lipinski definition) is 7. The largest absolute Gasteiger partial charge is 0.299 e. The summed E-state index contributed by atoms with van der Waals surface area (Å²) >= 11 is 0.577. The fraction of sp³-hybridized carbons (Fsp3) is 0.769. The average molecular weight is 409 g/mol. The maximum Gasteiger partial charge on any atom is 0.267 e. The maximum atomic E-state index is 12.6. The van der Waals surface area contributed by atoms with E-state index >= 15 is 0 Å². The second-order valence-corrected chi connectivity index (χ2v) is 11.6. The van der Waals surface area contributed by atoms with Gasteiger partial charge in [-0.1, -0.05) is 25.2 Å². The van der Waals surface area contributed by atoms with Crippen LogP contribution in [0.3, 0.4) is 0 Å². The average Bonchev–Trinajstić information content (AvgIpc) is 2.96. The fourth-order valence-electron chi connectivity index (χ4n) is 4.09. The molecule has 2 fully saturated rings. The Morgan fingerprint density at radius 3 is 2.44 bits per heavy atom. The zero-order chi connectivity index (χ0) is 18.8. The summed E-state index contributed by atoms with van der Waals surface area (Å²) in [5.41, 5.74) is -1.32. The van der Waals surface area contributed by atoms with E-state index in [1.165, 1.54) is 7.05 Å². The van der Waals surface area contributed by atoms with Gasteiger partial charge in [-0.2, -0.15) is 0 Å². The molecule has 9 nitrogen and oxygen atoms in total. The minimum atomic E-state index is -4.04. The fourth-order valence-corrected chi connectivity index (χ4v) is 7.72. The van der Waals surface area contributed by atoms with Gasteiger partial charge in [0.05, 0.1) is 11.2 Å². The number of carbonyl (C=O) groups is 1. The number of primary sulfonamides is 1. The van der Waals surface area contributed by atoms with E-state index in [1.54, 1.807) is 0 Å². The van der Waals surface area contributed by atoms with Crippen molar-refractivity contribution < 1.29 is 21.6 Å². The highest BCUT2D eigenvalue weighted by Gasteiger charge is 2.65. The number of sulfonamides is 2. The Labute approximate surface area is 150 Å². The number of aryl methyl sites for hydroxylation is 1. The molecular weight excluding hydrogens is 388 g/mol. The van der Waals surface area contributed by atoms with Gasteiger partial charge in [0.15, 0.2) is 0 Å². The highest BCUT2D eigenvalue weighted by Crippen LogP contribution is 2.64. The first kappa shape index (κ1) is 18.7. The predicted molar refractivity (Wildman–Crippen MR) is 90.4 cm³/mol. The Morgan fingerprint density at radius 1 is 1.36 bits per heavy atom. The van der Waals surface area contributed by atoms with Crippen LogP contribution in [0.15, 0.2) is 8.74 Å². The minimum Gasteiger partial charge on any atom is -0.299 e. The van der Waals surface area contributed by atoms with Crippen LogP contribution in [0.25, 0.3) is 0 Å². The van der Waals surface area contributed by atoms with Crippen molar-refractivity contribution in [2.45, 2.75) is 37.4 Å². The lowest BCUT2D eigenvalue weighted by Crippen LogP contribution is -2.42. The van der Waals surface area contributed by atoms with Crippen LogP contribution in [0, 0.1) is 16.7 Å². The van der Waals surface area contributed by atoms with Crippen molar-refractivity contribution in [3.63, 3.8) is 0 Å². The third-order valence-corrected chi connectivity index (χ3v) is 9.45. The van der Waals surface area contributed by atoms with Crippen molar-refractivity contribution in [1.29, 1.82) is 0 Å². The van der Waals surface area contributed by atoms with E-state index in [2.05, 4.69) is 9.50 Å². The number of nitrogens with zero attached hydrogens (tertiary/aromatic N) is 3. The van der Waals surface area contributed by atoms with Crippen molar-refractivity contribution in [1.82, 2.24) is 9.78 Å². The molecule has 0 amide bonds. The number of Topliss-reactive ketones (excluding diaryl/α,β-unsaturated/α-hetero) is 1. The third-order valence-electron chi connectivity index (χ3n) is 5.72. The van der Waals surface area contributed by atoms with Gasteiger partial charge in [-0.05, 0) is 24.2 Å². The van der Waals surface area contributed by atoms with Gasteiger partial charge >= 0.3 is 0 Å². The van der Waals surface area contributed by atoms with Crippen molar-refractivity contribution in [2.24, 2.45) is 33.3 Å². The number of rotatable bonds is 4. The third kappa shape index (κ3) is 2.88. The van der Waals surface area contributed by atoms with Gasteiger partial charge in [0.1, 0.15) is 5.78 Å². The topological polar surface area (TPSA) is 142 Å². The Kier molecular flexibility index (Phi) is 4.07. The molecule has 0 radical (unpaired) electrons. The van der Waals surface area contributed by atoms with Crippen molar-refractivity contribution in [2.75, 3.05) is 5.75 Å². The molecule has 0 aliphatic heterocycles. The van der Waals surface area contributed by atoms with Crippen LogP contribution >= 0.6 is 11.3 Å². The van der Waals surface area contributed by atoms with Crippen LogP contribution in [0.5, 0.6) is 0 Å². The smallest absolute Gasteiger partial charge is 0.267 e. The molecule has 0 aromatic carbocycles. The van der Waals surface area contributed by atoms with Crippen LogP contribution in [0.2, 0.25) is 0 Å². The number of ketones is 1. The van der Waals surface area contributed by atoms with Crippen LogP contribution in [-0.4, -0.2) is 38.2 Å². The van der Waals surface area contributed by atoms with Gasteiger partial charge in [-0.25, -0.2) is 26.7 Å². The van der Waals surface area contributed by atoms with Gasteiger partial charge in [0, 0.05) is 13.5 Å². The zero-order valence-corrected chi connectivity index (χ0v) is 16.5. The normalized spacial score (nSPS) is 29.5. The summed E-state index contributed by atoms with van der Waals surface area (Å²) in [6.07, 6.45) is 1.78. The van der Waals surface area contributed by atoms with Crippen molar-refractivity contribution in [3.05, 3.63) is 4.80 Å². The van der Waals surface area contributed by atoms with E-state index in [-0.39, 0.29) is 22.3 Å². The summed E-state index contributed by atoms with van der Waals surface area (Å²) in [5, 5.41) is 8.69. The van der Waals surface area contributed by atoms with Crippen molar-refractivity contribution >= 4 is 37.2 Å². The standard InChI is InChI=1S/C13H20N4O5S3/c1-12(2)8-4-5-13(12,9(18)6-8)7-24(19,20)16-10-17(3)15-11(23-10)25(14,21)22/h8H,4-7H2,1-3H3,(H2,14,21,22)/b16-10-/t8?,13-/m1/s1. The number of fused-ring (bicyclic) bond motifs is 2. The molecule has 2 N–H and O–H groups in total. The van der Waals surface area contributed by atoms with E-state index in [0.717, 1.165) is 11.1 Å². The molecular formula is C13H20N4O5S3. The summed E-state index contributed by atoms with van der Waals surface area (Å²) in [6.45, 7) is 3.88. The number of carbonyl (C=O) groups excluding carboxylic acids is 1. The van der Waals surface area contributed by atoms with Gasteiger partial charge in [-0.3, -0.25) is 4.79 Å². The lowest BCUT2D eigenvalue weighted by atomic mass is 9.70. The van der Waals surface area contributed by atoms with E-state index < -0.39 is 35.2 Å². The number of aromatic nitrogens is 2. The molecule has 140 valence electrons. The monoisotopic (exact) mass is 408 g/mol. The van der Waals surface area contributed by atoms with Crippen LogP contribution in [-0.2, 0) is 31.9 Å². The van der Waals surface area contributed by atoms with Gasteiger partial charge in [0.2, 0.25) is 9.14 Å². The van der Waals surface area contributed by atoms with E-state index in [1.807, 2.05) is 13.8 Å². The van der Waals surface area contributed by atoms with Crippen molar-refractivity contribution in [3.8, 4) is 0 Å². The first-order valence-electron chi connectivity index (χ1n) is 7.67. The molecule has 1 unspecified atom stereocenters. The molecule has 2 aliphatic rings. The van der Waals surface area contributed by atoms with Crippen LogP contribution in [0.4, 0.5) is 0 Å². The Morgan fingerprint density at radius 2 is 2.00 bits per heavy atom. The summed E-state index contributed by atoms with van der Waals surface area (Å²) in [7, 11) is -6.66. The van der Waals surface area contributed by atoms with Gasteiger partial charge in [0.25, 0.3) is 20.0 Å². The molecule has 12 heteroatoms. The summed E-state index contributed by atoms with van der Waals surface area (Å²) in [5.74, 6) is -0.194. The lowest BCUT2D eigenvalue weighted by Gasteiger charge is -2.35. The SMILES string of the molecule is Cn1nc(S(N)(=O)=O)s/c1=N\S(=O)(=O)C[C@]12CCC(CC1=O)C2(C)C. The van der Waals surface area contributed by atoms with E-state index in [0.29, 0.717) is 24.2 Å². The quantitative estimate of drug-likeness (QED) is 0.728. The molecule has 1 heterocycles. The maximum absolute atomic E-state index is 12.6. The molecule has 1 aromatic rings. The second kappa shape index (κ2) is 5.44. The highest BCUT2D eigenvalue weighted by molar-refractivity contribution is 7.91. The van der Waals surface area contributed by atoms with Gasteiger partial charge < -0.3 is 0 Å². The van der Waals surface area contributed by atoms with Crippen LogP contribution in [0.1, 0.15) is 33.1 Å². The highest BCUT2D eigenvalue weighted by atomic mass is 32.2. The summed E-state index contributed by atoms with van der Waals surface area (Å²) < 4.78 is 52.4. The second-order valence-electron chi connectivity index (χ2n) is 7.30.